The van der Waals surface area contributed by atoms with Crippen molar-refractivity contribution in [1.82, 2.24) is 9.55 Å². The molecule has 0 spiro atoms. The Morgan fingerprint density at radius 2 is 2.25 bits per heavy atom. The molecule has 0 radical (unpaired) electrons. The minimum absolute atomic E-state index is 0.574. The summed E-state index contributed by atoms with van der Waals surface area (Å²) in [7, 11) is 0. The third kappa shape index (κ3) is 1.81. The van der Waals surface area contributed by atoms with Crippen molar-refractivity contribution in [1.29, 1.82) is 0 Å². The van der Waals surface area contributed by atoms with Crippen LogP contribution in [0.1, 0.15) is 32.2 Å². The standard InChI is InChI=1S/C12H15ClN2O/c1-3-7-15-11-9(13)5-4-6-10(11)14-12(15)8(2)16/h4-6,8,16H,3,7H2,1-2H3/t8-/m1/s1. The number of aromatic nitrogens is 2. The van der Waals surface area contributed by atoms with E-state index in [0.717, 1.165) is 24.0 Å². The molecule has 2 aromatic rings. The van der Waals surface area contributed by atoms with E-state index in [-0.39, 0.29) is 0 Å². The molecule has 1 aromatic heterocycles. The SMILES string of the molecule is CCCn1c([C@@H](C)O)nc2cccc(Cl)c21. The number of aryl methyl sites for hydroxylation is 1. The molecule has 0 saturated carbocycles. The van der Waals surface area contributed by atoms with Gasteiger partial charge in [0.1, 0.15) is 11.9 Å². The number of hydrogen-bond acceptors (Lipinski definition) is 2. The van der Waals surface area contributed by atoms with Crippen LogP contribution >= 0.6 is 11.6 Å². The third-order valence-electron chi connectivity index (χ3n) is 2.57. The largest absolute Gasteiger partial charge is 0.385 e. The fourth-order valence-corrected chi connectivity index (χ4v) is 2.20. The third-order valence-corrected chi connectivity index (χ3v) is 2.87. The van der Waals surface area contributed by atoms with Crippen LogP contribution in [0, 0.1) is 0 Å². The van der Waals surface area contributed by atoms with Crippen LogP contribution in [0.4, 0.5) is 0 Å². The van der Waals surface area contributed by atoms with Crippen molar-refractivity contribution >= 4 is 22.6 Å². The van der Waals surface area contributed by atoms with Crippen LogP contribution in [0.5, 0.6) is 0 Å². The lowest BCUT2D eigenvalue weighted by molar-refractivity contribution is 0.184. The van der Waals surface area contributed by atoms with E-state index >= 15 is 0 Å². The minimum Gasteiger partial charge on any atom is -0.385 e. The van der Waals surface area contributed by atoms with Gasteiger partial charge in [0, 0.05) is 6.54 Å². The zero-order valence-corrected chi connectivity index (χ0v) is 10.2. The second-order valence-corrected chi connectivity index (χ2v) is 4.31. The Morgan fingerprint density at radius 1 is 1.50 bits per heavy atom. The number of para-hydroxylation sites is 1. The summed E-state index contributed by atoms with van der Waals surface area (Å²) in [5.74, 6) is 0.685. The fraction of sp³-hybridized carbons (Fsp3) is 0.417. The molecule has 0 bridgehead atoms. The monoisotopic (exact) mass is 238 g/mol. The average Bonchev–Trinajstić information content (AvgIpc) is 2.59. The molecule has 0 aliphatic carbocycles. The number of halogens is 1. The lowest BCUT2D eigenvalue weighted by Gasteiger charge is -2.09. The maximum Gasteiger partial charge on any atom is 0.138 e. The summed E-state index contributed by atoms with van der Waals surface area (Å²) in [5, 5.41) is 10.4. The molecule has 1 heterocycles. The summed E-state index contributed by atoms with van der Waals surface area (Å²) in [6.45, 7) is 4.64. The number of fused-ring (bicyclic) bond motifs is 1. The Labute approximate surface area is 99.7 Å². The first-order valence-corrected chi connectivity index (χ1v) is 5.85. The summed E-state index contributed by atoms with van der Waals surface area (Å²) in [6.07, 6.45) is 0.408. The lowest BCUT2D eigenvalue weighted by Crippen LogP contribution is -2.06. The predicted octanol–water partition coefficient (Wildman–Crippen LogP) is 3.15. The number of imidazole rings is 1. The number of aliphatic hydroxyl groups is 1. The van der Waals surface area contributed by atoms with Crippen LogP contribution in [-0.2, 0) is 6.54 Å². The fourth-order valence-electron chi connectivity index (χ4n) is 1.93. The van der Waals surface area contributed by atoms with Crippen LogP contribution < -0.4 is 0 Å². The minimum atomic E-state index is -0.574. The number of nitrogens with zero attached hydrogens (tertiary/aromatic N) is 2. The highest BCUT2D eigenvalue weighted by Gasteiger charge is 2.15. The molecule has 16 heavy (non-hydrogen) atoms. The first kappa shape index (κ1) is 11.4. The van der Waals surface area contributed by atoms with Crippen molar-refractivity contribution in [2.45, 2.75) is 32.9 Å². The van der Waals surface area contributed by atoms with E-state index < -0.39 is 6.10 Å². The van der Waals surface area contributed by atoms with Crippen LogP contribution in [0.3, 0.4) is 0 Å². The van der Waals surface area contributed by atoms with Crippen molar-refractivity contribution in [3.05, 3.63) is 29.0 Å². The van der Waals surface area contributed by atoms with Crippen LogP contribution in [0.25, 0.3) is 11.0 Å². The normalized spacial score (nSPS) is 13.2. The van der Waals surface area contributed by atoms with Gasteiger partial charge in [-0.1, -0.05) is 24.6 Å². The maximum atomic E-state index is 9.70. The Bertz CT molecular complexity index is 505. The quantitative estimate of drug-likeness (QED) is 0.892. The Balaban J connectivity index is 2.72. The molecule has 0 fully saturated rings. The van der Waals surface area contributed by atoms with Gasteiger partial charge in [0.05, 0.1) is 16.1 Å². The van der Waals surface area contributed by atoms with Crippen molar-refractivity contribution in [3.8, 4) is 0 Å². The molecule has 0 saturated heterocycles. The predicted molar refractivity (Wildman–Crippen MR) is 65.7 cm³/mol. The van der Waals surface area contributed by atoms with E-state index in [9.17, 15) is 5.11 Å². The molecule has 1 aromatic carbocycles. The second-order valence-electron chi connectivity index (χ2n) is 3.91. The van der Waals surface area contributed by atoms with Gasteiger partial charge in [-0.15, -0.1) is 0 Å². The second kappa shape index (κ2) is 4.44. The van der Waals surface area contributed by atoms with Crippen molar-refractivity contribution in [3.63, 3.8) is 0 Å². The van der Waals surface area contributed by atoms with Gasteiger partial charge >= 0.3 is 0 Å². The van der Waals surface area contributed by atoms with E-state index in [1.54, 1.807) is 6.92 Å². The highest BCUT2D eigenvalue weighted by Crippen LogP contribution is 2.27. The Hall–Kier alpha value is -1.06. The van der Waals surface area contributed by atoms with E-state index in [2.05, 4.69) is 11.9 Å². The molecular formula is C12H15ClN2O. The van der Waals surface area contributed by atoms with Gasteiger partial charge in [-0.25, -0.2) is 4.98 Å². The molecule has 1 N–H and O–H groups in total. The molecule has 1 atom stereocenters. The number of benzene rings is 1. The zero-order chi connectivity index (χ0) is 11.7. The molecular weight excluding hydrogens is 224 g/mol. The highest BCUT2D eigenvalue weighted by atomic mass is 35.5. The molecule has 86 valence electrons. The average molecular weight is 239 g/mol. The first-order chi connectivity index (χ1) is 7.65. The van der Waals surface area contributed by atoms with Crippen LogP contribution in [0.15, 0.2) is 18.2 Å². The topological polar surface area (TPSA) is 38.0 Å². The van der Waals surface area contributed by atoms with Crippen LogP contribution in [-0.4, -0.2) is 14.7 Å². The lowest BCUT2D eigenvalue weighted by atomic mass is 10.3. The summed E-state index contributed by atoms with van der Waals surface area (Å²) in [5.41, 5.74) is 1.76. The van der Waals surface area contributed by atoms with Gasteiger partial charge in [-0.3, -0.25) is 0 Å². The van der Waals surface area contributed by atoms with Gasteiger partial charge in [0.15, 0.2) is 0 Å². The van der Waals surface area contributed by atoms with Gasteiger partial charge in [-0.2, -0.15) is 0 Å². The maximum absolute atomic E-state index is 9.70. The number of aliphatic hydroxyl groups excluding tert-OH is 1. The number of hydrogen-bond donors (Lipinski definition) is 1. The smallest absolute Gasteiger partial charge is 0.138 e. The molecule has 2 rings (SSSR count). The number of rotatable bonds is 3. The van der Waals surface area contributed by atoms with Crippen molar-refractivity contribution in [2.24, 2.45) is 0 Å². The summed E-state index contributed by atoms with van der Waals surface area (Å²) >= 11 is 6.17. The van der Waals surface area contributed by atoms with E-state index in [0.29, 0.717) is 10.8 Å². The Morgan fingerprint density at radius 3 is 2.88 bits per heavy atom. The zero-order valence-electron chi connectivity index (χ0n) is 9.44. The molecule has 4 heteroatoms. The van der Waals surface area contributed by atoms with E-state index in [4.69, 9.17) is 11.6 Å². The highest BCUT2D eigenvalue weighted by molar-refractivity contribution is 6.35. The first-order valence-electron chi connectivity index (χ1n) is 5.47. The van der Waals surface area contributed by atoms with Gasteiger partial charge in [-0.05, 0) is 25.5 Å². The van der Waals surface area contributed by atoms with E-state index in [1.807, 2.05) is 22.8 Å². The summed E-state index contributed by atoms with van der Waals surface area (Å²) in [4.78, 5) is 4.42. The van der Waals surface area contributed by atoms with Crippen LogP contribution in [0.2, 0.25) is 5.02 Å². The molecule has 0 unspecified atom stereocenters. The summed E-state index contributed by atoms with van der Waals surface area (Å²) in [6, 6.07) is 5.64. The Kier molecular flexibility index (Phi) is 3.17. The van der Waals surface area contributed by atoms with Crippen molar-refractivity contribution < 1.29 is 5.11 Å². The van der Waals surface area contributed by atoms with Gasteiger partial charge in [0.2, 0.25) is 0 Å². The summed E-state index contributed by atoms with van der Waals surface area (Å²) < 4.78 is 2.00. The molecule has 0 aliphatic rings. The molecule has 3 nitrogen and oxygen atoms in total. The van der Waals surface area contributed by atoms with Gasteiger partial charge in [0.25, 0.3) is 0 Å². The molecule has 0 aliphatic heterocycles. The van der Waals surface area contributed by atoms with Gasteiger partial charge < -0.3 is 9.67 Å². The van der Waals surface area contributed by atoms with E-state index in [1.165, 1.54) is 0 Å². The molecule has 0 amide bonds. The van der Waals surface area contributed by atoms with Crippen molar-refractivity contribution in [2.75, 3.05) is 0 Å².